The quantitative estimate of drug-likeness (QED) is 0.447. The van der Waals surface area contributed by atoms with E-state index in [0.717, 1.165) is 11.8 Å². The highest BCUT2D eigenvalue weighted by molar-refractivity contribution is 5.32. The van der Waals surface area contributed by atoms with Gasteiger partial charge in [-0.1, -0.05) is 26.0 Å². The molecule has 0 amide bonds. The largest absolute Gasteiger partial charge is 0.0845 e. The third-order valence-corrected chi connectivity index (χ3v) is 4.57. The average molecular weight is 134 g/mol. The zero-order valence-electron chi connectivity index (χ0n) is 6.72. The number of rotatable bonds is 0. The van der Waals surface area contributed by atoms with E-state index in [1.54, 1.807) is 0 Å². The molecule has 0 saturated heterocycles. The van der Waals surface area contributed by atoms with Crippen molar-refractivity contribution in [3.8, 4) is 0 Å². The lowest BCUT2D eigenvalue weighted by Gasteiger charge is -2.55. The summed E-state index contributed by atoms with van der Waals surface area (Å²) in [6.45, 7) is 4.90. The fourth-order valence-electron chi connectivity index (χ4n) is 3.61. The van der Waals surface area contributed by atoms with Crippen molar-refractivity contribution in [1.82, 2.24) is 0 Å². The summed E-state index contributed by atoms with van der Waals surface area (Å²) >= 11 is 0. The predicted molar refractivity (Wildman–Crippen MR) is 41.6 cm³/mol. The molecule has 0 aromatic rings. The Morgan fingerprint density at radius 3 is 2.30 bits per heavy atom. The van der Waals surface area contributed by atoms with E-state index in [-0.39, 0.29) is 0 Å². The van der Waals surface area contributed by atoms with Crippen molar-refractivity contribution in [2.24, 2.45) is 22.7 Å². The minimum atomic E-state index is 0.659. The van der Waals surface area contributed by atoms with Gasteiger partial charge in [-0.3, -0.25) is 0 Å². The van der Waals surface area contributed by atoms with Gasteiger partial charge in [-0.25, -0.2) is 0 Å². The van der Waals surface area contributed by atoms with Crippen LogP contribution in [0.3, 0.4) is 0 Å². The van der Waals surface area contributed by atoms with Crippen molar-refractivity contribution in [1.29, 1.82) is 0 Å². The van der Waals surface area contributed by atoms with Crippen LogP contribution in [0.2, 0.25) is 0 Å². The molecule has 0 aromatic carbocycles. The molecule has 0 aliphatic heterocycles. The molecular weight excluding hydrogens is 120 g/mol. The van der Waals surface area contributed by atoms with Crippen LogP contribution in [0.15, 0.2) is 12.2 Å². The van der Waals surface area contributed by atoms with E-state index in [9.17, 15) is 0 Å². The van der Waals surface area contributed by atoms with Crippen molar-refractivity contribution in [3.05, 3.63) is 12.2 Å². The highest BCUT2D eigenvalue weighted by Gasteiger charge is 2.68. The minimum absolute atomic E-state index is 0.659. The van der Waals surface area contributed by atoms with Gasteiger partial charge in [-0.15, -0.1) is 0 Å². The molecule has 0 aromatic heterocycles. The molecule has 0 radical (unpaired) electrons. The molecule has 3 unspecified atom stereocenters. The normalized spacial score (nSPS) is 59.0. The van der Waals surface area contributed by atoms with Crippen LogP contribution in [0.1, 0.15) is 26.7 Å². The van der Waals surface area contributed by atoms with E-state index in [1.807, 2.05) is 0 Å². The topological polar surface area (TPSA) is 0 Å². The average Bonchev–Trinajstić information content (AvgIpc) is 2.47. The molecule has 3 saturated carbocycles. The van der Waals surface area contributed by atoms with Crippen LogP contribution < -0.4 is 0 Å². The standard InChI is InChI=1S/C10H14/c1-9(2)8-6-10(9)4-3-7(8)5-10/h3-4,7-8H,5-6H2,1-2H3. The Balaban J connectivity index is 2.20. The molecule has 4 aliphatic rings. The van der Waals surface area contributed by atoms with Gasteiger partial charge >= 0.3 is 0 Å². The summed E-state index contributed by atoms with van der Waals surface area (Å²) in [7, 11) is 0. The first-order valence-electron chi connectivity index (χ1n) is 4.35. The van der Waals surface area contributed by atoms with E-state index in [1.165, 1.54) is 12.8 Å². The lowest BCUT2D eigenvalue weighted by molar-refractivity contribution is -0.0268. The van der Waals surface area contributed by atoms with Crippen LogP contribution in [0.5, 0.6) is 0 Å². The molecule has 3 fully saturated rings. The third-order valence-electron chi connectivity index (χ3n) is 4.57. The first kappa shape index (κ1) is 5.40. The predicted octanol–water partition coefficient (Wildman–Crippen LogP) is 2.61. The van der Waals surface area contributed by atoms with Crippen LogP contribution in [0, 0.1) is 22.7 Å². The van der Waals surface area contributed by atoms with E-state index >= 15 is 0 Å². The summed E-state index contributed by atoms with van der Waals surface area (Å²) in [5, 5.41) is 0. The maximum atomic E-state index is 2.50. The first-order chi connectivity index (χ1) is 4.66. The Labute approximate surface area is 62.3 Å². The molecule has 3 atom stereocenters. The second kappa shape index (κ2) is 1.11. The summed E-state index contributed by atoms with van der Waals surface area (Å²) < 4.78 is 0. The Hall–Kier alpha value is -0.260. The van der Waals surface area contributed by atoms with Crippen molar-refractivity contribution in [2.45, 2.75) is 26.7 Å². The van der Waals surface area contributed by atoms with Crippen molar-refractivity contribution in [2.75, 3.05) is 0 Å². The third kappa shape index (κ3) is 0.291. The first-order valence-corrected chi connectivity index (χ1v) is 4.35. The van der Waals surface area contributed by atoms with Crippen molar-refractivity contribution >= 4 is 0 Å². The summed E-state index contributed by atoms with van der Waals surface area (Å²) in [4.78, 5) is 0. The summed E-state index contributed by atoms with van der Waals surface area (Å²) in [5.74, 6) is 2.01. The highest BCUT2D eigenvalue weighted by atomic mass is 14.7. The van der Waals surface area contributed by atoms with Gasteiger partial charge in [0.15, 0.2) is 0 Å². The van der Waals surface area contributed by atoms with Crippen molar-refractivity contribution < 1.29 is 0 Å². The lowest BCUT2D eigenvalue weighted by Crippen LogP contribution is -2.48. The molecule has 0 heterocycles. The van der Waals surface area contributed by atoms with Crippen LogP contribution >= 0.6 is 0 Å². The minimum Gasteiger partial charge on any atom is -0.0845 e. The van der Waals surface area contributed by atoms with Crippen LogP contribution in [0.25, 0.3) is 0 Å². The van der Waals surface area contributed by atoms with Gasteiger partial charge in [0.1, 0.15) is 0 Å². The molecule has 4 rings (SSSR count). The Morgan fingerprint density at radius 2 is 2.10 bits per heavy atom. The zero-order valence-corrected chi connectivity index (χ0v) is 6.72. The molecule has 54 valence electrons. The van der Waals surface area contributed by atoms with Gasteiger partial charge in [0.05, 0.1) is 0 Å². The fraction of sp³-hybridized carbons (Fsp3) is 0.800. The highest BCUT2D eigenvalue weighted by Crippen LogP contribution is 2.76. The summed E-state index contributed by atoms with van der Waals surface area (Å²) in [6.07, 6.45) is 7.93. The monoisotopic (exact) mass is 134 g/mol. The molecule has 0 heteroatoms. The van der Waals surface area contributed by atoms with Gasteiger partial charge in [0, 0.05) is 0 Å². The second-order valence-corrected chi connectivity index (χ2v) is 4.92. The zero-order chi connectivity index (χ0) is 6.98. The van der Waals surface area contributed by atoms with Crippen molar-refractivity contribution in [3.63, 3.8) is 0 Å². The summed E-state index contributed by atoms with van der Waals surface area (Å²) in [6, 6.07) is 0. The number of hydrogen-bond donors (Lipinski definition) is 0. The van der Waals surface area contributed by atoms with E-state index in [4.69, 9.17) is 0 Å². The van der Waals surface area contributed by atoms with E-state index < -0.39 is 0 Å². The number of allylic oxidation sites excluding steroid dienone is 2. The second-order valence-electron chi connectivity index (χ2n) is 4.92. The van der Waals surface area contributed by atoms with Crippen LogP contribution in [0.4, 0.5) is 0 Å². The SMILES string of the molecule is CC1(C)C2CC13C=CC2C3. The molecule has 0 nitrogen and oxygen atoms in total. The molecule has 0 N–H and O–H groups in total. The van der Waals surface area contributed by atoms with E-state index in [2.05, 4.69) is 26.0 Å². The smallest absolute Gasteiger partial charge is 0.00554 e. The molecule has 3 bridgehead atoms. The molecular formula is C10H14. The van der Waals surface area contributed by atoms with Gasteiger partial charge in [0.25, 0.3) is 0 Å². The molecule has 1 spiro atoms. The molecule has 10 heavy (non-hydrogen) atoms. The van der Waals surface area contributed by atoms with Gasteiger partial charge in [-0.2, -0.15) is 0 Å². The maximum absolute atomic E-state index is 2.50. The molecule has 4 aliphatic carbocycles. The fourth-order valence-corrected chi connectivity index (χ4v) is 3.61. The maximum Gasteiger partial charge on any atom is -0.00554 e. The van der Waals surface area contributed by atoms with E-state index in [0.29, 0.717) is 10.8 Å². The summed E-state index contributed by atoms with van der Waals surface area (Å²) in [5.41, 5.74) is 1.33. The number of hydrogen-bond acceptors (Lipinski definition) is 0. The lowest BCUT2D eigenvalue weighted by atomic mass is 9.49. The van der Waals surface area contributed by atoms with Gasteiger partial charge in [0.2, 0.25) is 0 Å². The van der Waals surface area contributed by atoms with Gasteiger partial charge in [-0.05, 0) is 35.5 Å². The Kier molecular flexibility index (Phi) is 0.598. The van der Waals surface area contributed by atoms with Crippen LogP contribution in [-0.4, -0.2) is 0 Å². The Bertz CT molecular complexity index is 224. The van der Waals surface area contributed by atoms with Gasteiger partial charge < -0.3 is 0 Å². The van der Waals surface area contributed by atoms with Crippen LogP contribution in [-0.2, 0) is 0 Å². The Morgan fingerprint density at radius 1 is 1.30 bits per heavy atom.